The maximum absolute atomic E-state index is 13.2. The SMILES string of the molecule is CC/C=C\C/C=C\C/C=C\C/C=C\CCCCCCCCCCCCCCCCC(=O)NC(COC1OC(CO)C(OC2OC(CO)C(OC3OC(CO)C(O)C(O)C3O)C(O)C2O)C(O)C1O)C(O)/C=C/CCCCCC. The Balaban J connectivity index is 1.37. The maximum Gasteiger partial charge on any atom is 0.220 e. The Hall–Kier alpha value is -2.51. The number of hydrogen-bond donors (Lipinski definition) is 12. The van der Waals surface area contributed by atoms with Crippen LogP contribution in [0.5, 0.6) is 0 Å². The molecule has 0 saturated carbocycles. The summed E-state index contributed by atoms with van der Waals surface area (Å²) in [6, 6.07) is -0.971. The van der Waals surface area contributed by atoms with Crippen LogP contribution >= 0.6 is 0 Å². The van der Waals surface area contributed by atoms with Gasteiger partial charge in [-0.2, -0.15) is 0 Å². The fourth-order valence-corrected chi connectivity index (χ4v) is 9.71. The molecule has 0 bridgehead atoms. The van der Waals surface area contributed by atoms with E-state index in [1.54, 1.807) is 6.08 Å². The first-order valence-corrected chi connectivity index (χ1v) is 29.5. The second-order valence-electron chi connectivity index (χ2n) is 21.1. The van der Waals surface area contributed by atoms with E-state index in [1.807, 2.05) is 6.08 Å². The summed E-state index contributed by atoms with van der Waals surface area (Å²) in [6.45, 7) is 1.49. The number of hydrogen-bond acceptors (Lipinski definition) is 18. The van der Waals surface area contributed by atoms with Gasteiger partial charge < -0.3 is 89.9 Å². The number of nitrogens with one attached hydrogen (secondary N) is 1. The van der Waals surface area contributed by atoms with Crippen molar-refractivity contribution in [3.8, 4) is 0 Å². The van der Waals surface area contributed by atoms with Crippen LogP contribution in [0.25, 0.3) is 0 Å². The zero-order chi connectivity index (χ0) is 56.9. The third kappa shape index (κ3) is 26.2. The predicted molar refractivity (Wildman–Crippen MR) is 295 cm³/mol. The van der Waals surface area contributed by atoms with Gasteiger partial charge in [-0.1, -0.05) is 171 Å². The fraction of sp³-hybridized carbons (Fsp3) is 0.814. The minimum absolute atomic E-state index is 0.239. The van der Waals surface area contributed by atoms with Gasteiger partial charge in [0.25, 0.3) is 0 Å². The number of carbonyl (C=O) groups excluding carboxylic acids is 1. The predicted octanol–water partition coefficient (Wildman–Crippen LogP) is 4.87. The molecule has 0 radical (unpaired) electrons. The summed E-state index contributed by atoms with van der Waals surface area (Å²) in [6.07, 6.45) is 21.3. The van der Waals surface area contributed by atoms with E-state index in [-0.39, 0.29) is 18.9 Å². The smallest absolute Gasteiger partial charge is 0.220 e. The molecular weight excluding hydrogens is 1010 g/mol. The first-order chi connectivity index (χ1) is 37.8. The van der Waals surface area contributed by atoms with Crippen molar-refractivity contribution in [1.29, 1.82) is 0 Å². The van der Waals surface area contributed by atoms with Crippen LogP contribution in [0, 0.1) is 0 Å². The largest absolute Gasteiger partial charge is 0.394 e. The molecule has 0 aromatic heterocycles. The van der Waals surface area contributed by atoms with Gasteiger partial charge in [0.05, 0.1) is 38.6 Å². The molecule has 19 heteroatoms. The number of amides is 1. The van der Waals surface area contributed by atoms with Crippen molar-refractivity contribution in [1.82, 2.24) is 5.32 Å². The highest BCUT2D eigenvalue weighted by molar-refractivity contribution is 5.76. The van der Waals surface area contributed by atoms with Gasteiger partial charge in [0.2, 0.25) is 5.91 Å². The molecule has 452 valence electrons. The van der Waals surface area contributed by atoms with E-state index >= 15 is 0 Å². The second kappa shape index (κ2) is 42.3. The fourth-order valence-electron chi connectivity index (χ4n) is 9.71. The van der Waals surface area contributed by atoms with Crippen LogP contribution in [-0.4, -0.2) is 193 Å². The van der Waals surface area contributed by atoms with Crippen molar-refractivity contribution in [2.24, 2.45) is 0 Å². The zero-order valence-electron chi connectivity index (χ0n) is 46.9. The monoisotopic (exact) mass is 1110 g/mol. The van der Waals surface area contributed by atoms with Crippen molar-refractivity contribution in [2.75, 3.05) is 26.4 Å². The van der Waals surface area contributed by atoms with E-state index in [4.69, 9.17) is 28.4 Å². The summed E-state index contributed by atoms with van der Waals surface area (Å²) in [7, 11) is 0. The third-order valence-electron chi connectivity index (χ3n) is 14.6. The van der Waals surface area contributed by atoms with Gasteiger partial charge in [-0.15, -0.1) is 0 Å². The van der Waals surface area contributed by atoms with E-state index in [1.165, 1.54) is 64.2 Å². The van der Waals surface area contributed by atoms with Crippen LogP contribution in [0.1, 0.15) is 174 Å². The van der Waals surface area contributed by atoms with Crippen LogP contribution in [0.3, 0.4) is 0 Å². The second-order valence-corrected chi connectivity index (χ2v) is 21.1. The molecule has 3 fully saturated rings. The Kier molecular flexibility index (Phi) is 37.9. The Labute approximate surface area is 465 Å². The molecule has 19 nitrogen and oxygen atoms in total. The van der Waals surface area contributed by atoms with E-state index in [2.05, 4.69) is 67.8 Å². The average Bonchev–Trinajstić information content (AvgIpc) is 3.45. The van der Waals surface area contributed by atoms with Crippen molar-refractivity contribution in [3.05, 3.63) is 60.8 Å². The van der Waals surface area contributed by atoms with Crippen molar-refractivity contribution in [2.45, 2.75) is 279 Å². The molecule has 0 aliphatic carbocycles. The van der Waals surface area contributed by atoms with Gasteiger partial charge in [-0.05, 0) is 57.8 Å². The van der Waals surface area contributed by atoms with Crippen molar-refractivity contribution < 1.29 is 89.4 Å². The number of rotatable bonds is 42. The summed E-state index contributed by atoms with van der Waals surface area (Å²) in [5.41, 5.74) is 0. The molecule has 17 atom stereocenters. The van der Waals surface area contributed by atoms with Crippen LogP contribution in [0.2, 0.25) is 0 Å². The lowest BCUT2D eigenvalue weighted by molar-refractivity contribution is -0.379. The van der Waals surface area contributed by atoms with E-state index < -0.39 is 124 Å². The molecule has 3 aliphatic heterocycles. The van der Waals surface area contributed by atoms with Gasteiger partial charge >= 0.3 is 0 Å². The van der Waals surface area contributed by atoms with E-state index in [0.29, 0.717) is 6.42 Å². The topological polar surface area (TPSA) is 307 Å². The molecule has 0 aromatic carbocycles. The lowest BCUT2D eigenvalue weighted by Crippen LogP contribution is -2.66. The Morgan fingerprint density at radius 3 is 1.38 bits per heavy atom. The minimum Gasteiger partial charge on any atom is -0.394 e. The Morgan fingerprint density at radius 1 is 0.474 bits per heavy atom. The van der Waals surface area contributed by atoms with Gasteiger partial charge in [0, 0.05) is 6.42 Å². The highest BCUT2D eigenvalue weighted by atomic mass is 16.8. The van der Waals surface area contributed by atoms with Gasteiger partial charge in [-0.3, -0.25) is 4.79 Å². The highest BCUT2D eigenvalue weighted by Crippen LogP contribution is 2.33. The number of ether oxygens (including phenoxy) is 6. The van der Waals surface area contributed by atoms with Crippen molar-refractivity contribution in [3.63, 3.8) is 0 Å². The highest BCUT2D eigenvalue weighted by Gasteiger charge is 2.53. The number of aliphatic hydroxyl groups is 11. The lowest BCUT2D eigenvalue weighted by Gasteiger charge is -2.48. The quantitative estimate of drug-likeness (QED) is 0.0287. The molecule has 0 spiro atoms. The molecule has 3 rings (SSSR count). The molecule has 12 N–H and O–H groups in total. The zero-order valence-corrected chi connectivity index (χ0v) is 46.9. The molecular formula is C59H103NO18. The third-order valence-corrected chi connectivity index (χ3v) is 14.6. The molecule has 0 aromatic rings. The summed E-state index contributed by atoms with van der Waals surface area (Å²) in [5.74, 6) is -0.285. The normalized spacial score (nSPS) is 30.9. The molecule has 17 unspecified atom stereocenters. The van der Waals surface area contributed by atoms with Crippen LogP contribution in [-0.2, 0) is 33.2 Å². The van der Waals surface area contributed by atoms with Gasteiger partial charge in [-0.25, -0.2) is 0 Å². The first kappa shape index (κ1) is 69.8. The Bertz CT molecular complexity index is 1660. The number of allylic oxidation sites excluding steroid dienone is 9. The van der Waals surface area contributed by atoms with Gasteiger partial charge in [0.15, 0.2) is 18.9 Å². The van der Waals surface area contributed by atoms with Crippen LogP contribution < -0.4 is 5.32 Å². The molecule has 1 amide bonds. The van der Waals surface area contributed by atoms with E-state index in [9.17, 15) is 61.0 Å². The maximum atomic E-state index is 13.2. The lowest BCUT2D eigenvalue weighted by atomic mass is 9.96. The first-order valence-electron chi connectivity index (χ1n) is 29.5. The summed E-state index contributed by atoms with van der Waals surface area (Å²) >= 11 is 0. The summed E-state index contributed by atoms with van der Waals surface area (Å²) in [5, 5.41) is 120. The summed E-state index contributed by atoms with van der Waals surface area (Å²) in [4.78, 5) is 13.2. The standard InChI is InChI=1S/C59H103NO18/c1-3-5-7-9-11-12-13-14-15-16-17-18-19-20-21-22-23-24-25-26-27-28-29-30-31-33-35-37-47(65)60-42(43(64)36-34-32-10-8-6-4-2)41-73-57-53(71)50(68)55(45(39-62)75-57)78-59-54(72)51(69)56(46(40-63)76-59)77-58-52(70)49(67)48(66)44(38-61)74-58/h5,7,11-12,14-15,17-18,34,36,42-46,48-59,61-64,66-72H,3-4,6,8-10,13,16,19-33,35,37-41H2,1-2H3,(H,60,65)/b7-5-,12-11-,15-14-,18-17-,36-34+. The minimum atomic E-state index is -1.98. The van der Waals surface area contributed by atoms with E-state index in [0.717, 1.165) is 83.5 Å². The van der Waals surface area contributed by atoms with Crippen LogP contribution in [0.15, 0.2) is 60.8 Å². The molecule has 3 heterocycles. The van der Waals surface area contributed by atoms with Gasteiger partial charge in [0.1, 0.15) is 73.2 Å². The number of aliphatic hydroxyl groups excluding tert-OH is 11. The average molecular weight is 1110 g/mol. The van der Waals surface area contributed by atoms with Crippen molar-refractivity contribution >= 4 is 5.91 Å². The van der Waals surface area contributed by atoms with Crippen LogP contribution in [0.4, 0.5) is 0 Å². The molecule has 78 heavy (non-hydrogen) atoms. The summed E-state index contributed by atoms with van der Waals surface area (Å²) < 4.78 is 34.1. The number of unbranched alkanes of at least 4 members (excludes halogenated alkanes) is 18. The Morgan fingerprint density at radius 2 is 0.885 bits per heavy atom. The number of carbonyl (C=O) groups is 1. The molecule has 3 saturated heterocycles. The molecule has 3 aliphatic rings.